The Kier molecular flexibility index (Phi) is 7.78. The topological polar surface area (TPSA) is 69.6 Å². The third kappa shape index (κ3) is 5.06. The first-order valence-corrected chi connectivity index (χ1v) is 12.7. The molecule has 2 unspecified atom stereocenters. The first-order valence-electron chi connectivity index (χ1n) is 11.6. The van der Waals surface area contributed by atoms with Gasteiger partial charge in [0.05, 0.1) is 25.3 Å². The monoisotopic (exact) mass is 439 g/mol. The number of carbonyl (C=O) groups is 1. The maximum atomic E-state index is 12.6. The number of guanidine groups is 1. The fraction of sp³-hybridized carbons (Fsp3) is 0.905. The second-order valence-electron chi connectivity index (χ2n) is 8.61. The van der Waals surface area contributed by atoms with Gasteiger partial charge in [-0.2, -0.15) is 11.8 Å². The minimum atomic E-state index is -0.216. The van der Waals surface area contributed by atoms with Gasteiger partial charge in [0.25, 0.3) is 5.91 Å². The zero-order chi connectivity index (χ0) is 20.8. The van der Waals surface area contributed by atoms with Gasteiger partial charge in [-0.25, -0.2) is 0 Å². The minimum Gasteiger partial charge on any atom is -0.379 e. The van der Waals surface area contributed by atoms with Crippen LogP contribution in [0.4, 0.5) is 0 Å². The summed E-state index contributed by atoms with van der Waals surface area (Å²) in [7, 11) is 0. The third-order valence-corrected chi connectivity index (χ3v) is 7.95. The van der Waals surface area contributed by atoms with Crippen LogP contribution in [0.2, 0.25) is 0 Å². The number of ether oxygens (including phenoxy) is 2. The SMILES string of the molecule is CCNC(=NCC1(N2CCOCC2)CCSC1)N1CCN(C(=O)C2CCCO2)CC1. The number of hydrogen-bond donors (Lipinski definition) is 1. The zero-order valence-corrected chi connectivity index (χ0v) is 19.1. The molecule has 4 aliphatic rings. The molecule has 170 valence electrons. The van der Waals surface area contributed by atoms with Gasteiger partial charge in [-0.1, -0.05) is 0 Å². The predicted molar refractivity (Wildman–Crippen MR) is 120 cm³/mol. The van der Waals surface area contributed by atoms with E-state index in [1.807, 2.05) is 16.7 Å². The van der Waals surface area contributed by atoms with Gasteiger partial charge in [0.1, 0.15) is 6.10 Å². The standard InChI is InChI=1S/C21H37N5O3S/c1-2-22-20(23-16-21(5-15-30-17-21)26-10-13-28-14-11-26)25-8-6-24(7-9-25)19(27)18-4-3-12-29-18/h18H,2-17H2,1H3,(H,22,23). The molecule has 4 saturated heterocycles. The van der Waals surface area contributed by atoms with Crippen LogP contribution in [0.15, 0.2) is 4.99 Å². The van der Waals surface area contributed by atoms with Gasteiger partial charge in [0.2, 0.25) is 0 Å². The van der Waals surface area contributed by atoms with Crippen molar-refractivity contribution < 1.29 is 14.3 Å². The molecule has 4 fully saturated rings. The highest BCUT2D eigenvalue weighted by molar-refractivity contribution is 7.99. The number of rotatable bonds is 5. The van der Waals surface area contributed by atoms with Crippen LogP contribution < -0.4 is 5.32 Å². The molecule has 0 bridgehead atoms. The lowest BCUT2D eigenvalue weighted by atomic mass is 9.96. The number of piperazine rings is 1. The quantitative estimate of drug-likeness (QED) is 0.494. The first kappa shape index (κ1) is 22.2. The molecule has 1 N–H and O–H groups in total. The summed E-state index contributed by atoms with van der Waals surface area (Å²) in [6.45, 7) is 11.3. The van der Waals surface area contributed by atoms with Crippen LogP contribution in [-0.2, 0) is 14.3 Å². The van der Waals surface area contributed by atoms with E-state index in [4.69, 9.17) is 14.5 Å². The molecule has 0 aromatic heterocycles. The maximum absolute atomic E-state index is 12.6. The zero-order valence-electron chi connectivity index (χ0n) is 18.3. The summed E-state index contributed by atoms with van der Waals surface area (Å²) in [4.78, 5) is 24.7. The van der Waals surface area contributed by atoms with E-state index in [1.54, 1.807) is 0 Å². The summed E-state index contributed by atoms with van der Waals surface area (Å²) in [6.07, 6.45) is 2.85. The Morgan fingerprint density at radius 3 is 2.53 bits per heavy atom. The van der Waals surface area contributed by atoms with Gasteiger partial charge < -0.3 is 24.6 Å². The van der Waals surface area contributed by atoms with E-state index in [9.17, 15) is 4.79 Å². The fourth-order valence-electron chi connectivity index (χ4n) is 4.87. The van der Waals surface area contributed by atoms with Crippen molar-refractivity contribution in [1.29, 1.82) is 0 Å². The van der Waals surface area contributed by atoms with Crippen LogP contribution in [-0.4, -0.2) is 122 Å². The van der Waals surface area contributed by atoms with Crippen molar-refractivity contribution in [3.05, 3.63) is 0 Å². The maximum Gasteiger partial charge on any atom is 0.251 e. The van der Waals surface area contributed by atoms with Gasteiger partial charge in [0, 0.05) is 58.2 Å². The fourth-order valence-corrected chi connectivity index (χ4v) is 6.34. The molecule has 0 aliphatic carbocycles. The van der Waals surface area contributed by atoms with Crippen molar-refractivity contribution >= 4 is 23.6 Å². The molecule has 0 saturated carbocycles. The molecular weight excluding hydrogens is 402 g/mol. The summed E-state index contributed by atoms with van der Waals surface area (Å²) in [5, 5.41) is 3.49. The van der Waals surface area contributed by atoms with E-state index < -0.39 is 0 Å². The lowest BCUT2D eigenvalue weighted by molar-refractivity contribution is -0.142. The molecule has 4 aliphatic heterocycles. The smallest absolute Gasteiger partial charge is 0.251 e. The number of amides is 1. The highest BCUT2D eigenvalue weighted by atomic mass is 32.2. The Balaban J connectivity index is 1.37. The second kappa shape index (κ2) is 10.5. The molecule has 30 heavy (non-hydrogen) atoms. The molecule has 4 heterocycles. The molecule has 8 nitrogen and oxygen atoms in total. The Labute approximate surface area is 184 Å². The highest BCUT2D eigenvalue weighted by Gasteiger charge is 2.41. The summed E-state index contributed by atoms with van der Waals surface area (Å²) >= 11 is 2.05. The number of aliphatic imine (C=N–C) groups is 1. The Bertz CT molecular complexity index is 593. The van der Waals surface area contributed by atoms with Gasteiger partial charge >= 0.3 is 0 Å². The van der Waals surface area contributed by atoms with Crippen molar-refractivity contribution in [1.82, 2.24) is 20.0 Å². The molecule has 2 atom stereocenters. The number of morpholine rings is 1. The second-order valence-corrected chi connectivity index (χ2v) is 9.72. The molecule has 0 radical (unpaired) electrons. The van der Waals surface area contributed by atoms with Crippen LogP contribution in [0.25, 0.3) is 0 Å². The lowest BCUT2D eigenvalue weighted by Gasteiger charge is -2.42. The van der Waals surface area contributed by atoms with Crippen molar-refractivity contribution in [3.63, 3.8) is 0 Å². The average molecular weight is 440 g/mol. The highest BCUT2D eigenvalue weighted by Crippen LogP contribution is 2.34. The molecule has 4 rings (SSSR count). The van der Waals surface area contributed by atoms with Gasteiger partial charge in [-0.3, -0.25) is 14.7 Å². The third-order valence-electron chi connectivity index (χ3n) is 6.72. The first-order chi connectivity index (χ1) is 14.7. The van der Waals surface area contributed by atoms with E-state index in [1.165, 1.54) is 12.2 Å². The van der Waals surface area contributed by atoms with Crippen LogP contribution >= 0.6 is 11.8 Å². The Hall–Kier alpha value is -1.03. The normalized spacial score (nSPS) is 31.4. The van der Waals surface area contributed by atoms with E-state index in [2.05, 4.69) is 22.0 Å². The number of hydrogen-bond acceptors (Lipinski definition) is 6. The summed E-state index contributed by atoms with van der Waals surface area (Å²) < 4.78 is 11.2. The van der Waals surface area contributed by atoms with Gasteiger partial charge in [-0.05, 0) is 31.9 Å². The number of nitrogens with zero attached hydrogens (tertiary/aromatic N) is 4. The van der Waals surface area contributed by atoms with E-state index in [0.29, 0.717) is 0 Å². The van der Waals surface area contributed by atoms with Gasteiger partial charge in [-0.15, -0.1) is 0 Å². The largest absolute Gasteiger partial charge is 0.379 e. The lowest BCUT2D eigenvalue weighted by Crippen LogP contribution is -2.57. The van der Waals surface area contributed by atoms with Crippen LogP contribution in [0.3, 0.4) is 0 Å². The Morgan fingerprint density at radius 2 is 1.90 bits per heavy atom. The van der Waals surface area contributed by atoms with Crippen LogP contribution in [0.5, 0.6) is 0 Å². The number of carbonyl (C=O) groups excluding carboxylic acids is 1. The molecule has 0 spiro atoms. The van der Waals surface area contributed by atoms with Crippen molar-refractivity contribution in [2.24, 2.45) is 4.99 Å². The molecule has 1 amide bonds. The minimum absolute atomic E-state index is 0.159. The molecule has 0 aromatic carbocycles. The Morgan fingerprint density at radius 1 is 1.13 bits per heavy atom. The molecule has 9 heteroatoms. The van der Waals surface area contributed by atoms with Gasteiger partial charge in [0.15, 0.2) is 5.96 Å². The van der Waals surface area contributed by atoms with E-state index >= 15 is 0 Å². The average Bonchev–Trinajstić information content (AvgIpc) is 3.50. The van der Waals surface area contributed by atoms with Crippen LogP contribution in [0, 0.1) is 0 Å². The van der Waals surface area contributed by atoms with Crippen molar-refractivity contribution in [2.45, 2.75) is 37.8 Å². The van der Waals surface area contributed by atoms with E-state index in [-0.39, 0.29) is 17.6 Å². The molecule has 0 aromatic rings. The number of thioether (sulfide) groups is 1. The number of nitrogens with one attached hydrogen (secondary N) is 1. The van der Waals surface area contributed by atoms with E-state index in [0.717, 1.165) is 96.7 Å². The summed E-state index contributed by atoms with van der Waals surface area (Å²) in [6, 6.07) is 0. The predicted octanol–water partition coefficient (Wildman–Crippen LogP) is 0.483. The summed E-state index contributed by atoms with van der Waals surface area (Å²) in [5.74, 6) is 3.53. The summed E-state index contributed by atoms with van der Waals surface area (Å²) in [5.41, 5.74) is 0.159. The van der Waals surface area contributed by atoms with Crippen LogP contribution in [0.1, 0.15) is 26.2 Å². The molecular formula is C21H37N5O3S. The van der Waals surface area contributed by atoms with Crippen molar-refractivity contribution in [2.75, 3.05) is 83.7 Å². The van der Waals surface area contributed by atoms with Crippen molar-refractivity contribution in [3.8, 4) is 0 Å².